The molecule has 1 aromatic carbocycles. The highest BCUT2D eigenvalue weighted by atomic mass is 16.7. The lowest BCUT2D eigenvalue weighted by atomic mass is 10.1. The fraction of sp³-hybridized carbons (Fsp3) is 0.286. The van der Waals surface area contributed by atoms with E-state index in [1.807, 2.05) is 18.2 Å². The molecule has 1 unspecified atom stereocenters. The molecule has 1 atom stereocenters. The maximum absolute atomic E-state index is 12.1. The Kier molecular flexibility index (Phi) is 3.49. The van der Waals surface area contributed by atoms with Gasteiger partial charge in [0.2, 0.25) is 12.7 Å². The zero-order chi connectivity index (χ0) is 14.8. The number of aryl methyl sites for hydroxylation is 1. The molecule has 3 rings (SSSR count). The Morgan fingerprint density at radius 2 is 2.38 bits per heavy atom. The smallest absolute Gasteiger partial charge is 0.241 e. The first-order valence-corrected chi connectivity index (χ1v) is 6.54. The molecule has 21 heavy (non-hydrogen) atoms. The topological polar surface area (TPSA) is 91.4 Å². The highest BCUT2D eigenvalue weighted by molar-refractivity contribution is 5.82. The molecule has 0 bridgehead atoms. The number of amides is 1. The van der Waals surface area contributed by atoms with Gasteiger partial charge in [-0.1, -0.05) is 12.1 Å². The predicted octanol–water partition coefficient (Wildman–Crippen LogP) is 0.465. The van der Waals surface area contributed by atoms with Crippen LogP contribution in [0.15, 0.2) is 30.6 Å². The minimum Gasteiger partial charge on any atom is -0.454 e. The summed E-state index contributed by atoms with van der Waals surface area (Å²) in [6.07, 6.45) is 3.31. The highest BCUT2D eigenvalue weighted by Crippen LogP contribution is 2.35. The summed E-state index contributed by atoms with van der Waals surface area (Å²) in [7, 11) is 1.78. The first-order valence-electron chi connectivity index (χ1n) is 6.54. The van der Waals surface area contributed by atoms with Crippen molar-refractivity contribution in [2.24, 2.45) is 12.8 Å². The molecule has 0 aliphatic carbocycles. The second-order valence-corrected chi connectivity index (χ2v) is 4.79. The summed E-state index contributed by atoms with van der Waals surface area (Å²) < 4.78 is 12.3. The number of aromatic nitrogens is 2. The molecule has 1 aromatic heterocycles. The van der Waals surface area contributed by atoms with Crippen molar-refractivity contribution < 1.29 is 14.3 Å². The molecule has 110 valence electrons. The van der Waals surface area contributed by atoms with E-state index in [4.69, 9.17) is 15.2 Å². The van der Waals surface area contributed by atoms with E-state index in [1.54, 1.807) is 24.1 Å². The fourth-order valence-electron chi connectivity index (χ4n) is 2.17. The molecule has 1 amide bonds. The zero-order valence-electron chi connectivity index (χ0n) is 11.6. The third-order valence-electron chi connectivity index (χ3n) is 3.30. The molecule has 0 fully saturated rings. The molecule has 7 nitrogen and oxygen atoms in total. The van der Waals surface area contributed by atoms with Gasteiger partial charge in [0.25, 0.3) is 0 Å². The third-order valence-corrected chi connectivity index (χ3v) is 3.30. The van der Waals surface area contributed by atoms with Crippen LogP contribution in [0, 0.1) is 0 Å². The van der Waals surface area contributed by atoms with Crippen molar-refractivity contribution in [1.82, 2.24) is 15.1 Å². The summed E-state index contributed by atoms with van der Waals surface area (Å²) in [5, 5.41) is 6.81. The van der Waals surface area contributed by atoms with E-state index in [1.165, 1.54) is 0 Å². The van der Waals surface area contributed by atoms with Crippen LogP contribution in [0.3, 0.4) is 0 Å². The van der Waals surface area contributed by atoms with E-state index in [0.29, 0.717) is 23.6 Å². The molecule has 0 saturated heterocycles. The lowest BCUT2D eigenvalue weighted by Crippen LogP contribution is -2.33. The molecule has 7 heteroatoms. The summed E-state index contributed by atoms with van der Waals surface area (Å²) in [6.45, 7) is 0.537. The van der Waals surface area contributed by atoms with Crippen LogP contribution in [0.4, 0.5) is 0 Å². The number of nitrogens with zero attached hydrogens (tertiary/aromatic N) is 2. The number of nitrogens with two attached hydrogens (primary N) is 1. The van der Waals surface area contributed by atoms with Crippen molar-refractivity contribution in [1.29, 1.82) is 0 Å². The summed E-state index contributed by atoms with van der Waals surface area (Å²) >= 11 is 0. The Labute approximate surface area is 121 Å². The lowest BCUT2D eigenvalue weighted by Gasteiger charge is -2.11. The van der Waals surface area contributed by atoms with Crippen LogP contribution >= 0.6 is 0 Å². The van der Waals surface area contributed by atoms with Crippen LogP contribution in [-0.2, 0) is 18.4 Å². The number of hydrogen-bond acceptors (Lipinski definition) is 5. The van der Waals surface area contributed by atoms with Gasteiger partial charge in [0.05, 0.1) is 6.20 Å². The van der Waals surface area contributed by atoms with E-state index >= 15 is 0 Å². The average molecular weight is 288 g/mol. The maximum atomic E-state index is 12.1. The molecular weight excluding hydrogens is 272 g/mol. The minimum atomic E-state index is -0.743. The van der Waals surface area contributed by atoms with Crippen molar-refractivity contribution in [3.8, 4) is 11.5 Å². The average Bonchev–Trinajstić information content (AvgIpc) is 3.12. The number of para-hydroxylation sites is 1. The van der Waals surface area contributed by atoms with Gasteiger partial charge in [-0.05, 0) is 6.07 Å². The van der Waals surface area contributed by atoms with Gasteiger partial charge in [-0.3, -0.25) is 9.48 Å². The first kappa shape index (κ1) is 13.4. The maximum Gasteiger partial charge on any atom is 0.241 e. The van der Waals surface area contributed by atoms with E-state index in [0.717, 1.165) is 5.56 Å². The van der Waals surface area contributed by atoms with Crippen LogP contribution in [0.5, 0.6) is 11.5 Å². The summed E-state index contributed by atoms with van der Waals surface area (Å²) in [6, 6.07) is 4.82. The van der Waals surface area contributed by atoms with Crippen LogP contribution in [-0.4, -0.2) is 22.5 Å². The van der Waals surface area contributed by atoms with Gasteiger partial charge in [-0.25, -0.2) is 0 Å². The Bertz CT molecular complexity index is 668. The lowest BCUT2D eigenvalue weighted by molar-refractivity contribution is -0.122. The number of fused-ring (bicyclic) bond motifs is 1. The molecular formula is C14H16N4O3. The summed E-state index contributed by atoms with van der Waals surface area (Å²) in [5.74, 6) is 1.10. The third kappa shape index (κ3) is 2.68. The van der Waals surface area contributed by atoms with Crippen molar-refractivity contribution >= 4 is 5.91 Å². The van der Waals surface area contributed by atoms with Crippen LogP contribution in [0.2, 0.25) is 0 Å². The number of carbonyl (C=O) groups is 1. The molecule has 0 spiro atoms. The normalized spacial score (nSPS) is 14.0. The monoisotopic (exact) mass is 288 g/mol. The number of carbonyl (C=O) groups excluding carboxylic acids is 1. The molecule has 0 saturated carbocycles. The minimum absolute atomic E-state index is 0.204. The quantitative estimate of drug-likeness (QED) is 0.853. The van der Waals surface area contributed by atoms with Gasteiger partial charge in [-0.15, -0.1) is 0 Å². The molecule has 1 aliphatic heterocycles. The van der Waals surface area contributed by atoms with Crippen LogP contribution < -0.4 is 20.5 Å². The second kappa shape index (κ2) is 5.45. The Morgan fingerprint density at radius 3 is 3.14 bits per heavy atom. The number of ether oxygens (including phenoxy) is 2. The summed E-state index contributed by atoms with van der Waals surface area (Å²) in [4.78, 5) is 12.1. The van der Waals surface area contributed by atoms with Crippen LogP contribution in [0.1, 0.15) is 17.2 Å². The Balaban J connectivity index is 1.65. The largest absolute Gasteiger partial charge is 0.454 e. The predicted molar refractivity (Wildman–Crippen MR) is 74.5 cm³/mol. The Morgan fingerprint density at radius 1 is 1.52 bits per heavy atom. The van der Waals surface area contributed by atoms with Gasteiger partial charge in [0.1, 0.15) is 6.04 Å². The van der Waals surface area contributed by atoms with Crippen LogP contribution in [0.25, 0.3) is 0 Å². The van der Waals surface area contributed by atoms with E-state index in [2.05, 4.69) is 10.4 Å². The van der Waals surface area contributed by atoms with Crippen molar-refractivity contribution in [2.45, 2.75) is 12.6 Å². The number of hydrogen-bond donors (Lipinski definition) is 2. The van der Waals surface area contributed by atoms with Crippen molar-refractivity contribution in [3.05, 3.63) is 41.7 Å². The molecule has 1 aliphatic rings. The SMILES string of the molecule is Cn1cc(C(N)C(=O)NCc2cccc3c2OCO3)cn1. The van der Waals surface area contributed by atoms with Gasteiger partial charge in [-0.2, -0.15) is 5.10 Å². The standard InChI is InChI=1S/C14H16N4O3/c1-18-7-10(6-17-18)12(15)14(19)16-5-9-3-2-4-11-13(9)21-8-20-11/h2-4,6-7,12H,5,8,15H2,1H3,(H,16,19). The number of benzene rings is 1. The Hall–Kier alpha value is -2.54. The van der Waals surface area contributed by atoms with Gasteiger partial charge in [0.15, 0.2) is 11.5 Å². The second-order valence-electron chi connectivity index (χ2n) is 4.79. The van der Waals surface area contributed by atoms with Gasteiger partial charge < -0.3 is 20.5 Å². The molecule has 2 aromatic rings. The summed E-state index contributed by atoms with van der Waals surface area (Å²) in [5.41, 5.74) is 7.44. The van der Waals surface area contributed by atoms with E-state index < -0.39 is 6.04 Å². The van der Waals surface area contributed by atoms with Gasteiger partial charge in [0, 0.05) is 30.9 Å². The molecule has 0 radical (unpaired) electrons. The van der Waals surface area contributed by atoms with E-state index in [9.17, 15) is 4.79 Å². The van der Waals surface area contributed by atoms with E-state index in [-0.39, 0.29) is 12.7 Å². The molecule has 3 N–H and O–H groups in total. The van der Waals surface area contributed by atoms with Gasteiger partial charge >= 0.3 is 0 Å². The first-order chi connectivity index (χ1) is 10.1. The van der Waals surface area contributed by atoms with Crippen molar-refractivity contribution in [3.63, 3.8) is 0 Å². The number of rotatable bonds is 4. The van der Waals surface area contributed by atoms with Crippen molar-refractivity contribution in [2.75, 3.05) is 6.79 Å². The number of nitrogens with one attached hydrogen (secondary N) is 1. The highest BCUT2D eigenvalue weighted by Gasteiger charge is 2.20. The molecule has 2 heterocycles. The fourth-order valence-corrected chi connectivity index (χ4v) is 2.17. The zero-order valence-corrected chi connectivity index (χ0v) is 11.6.